The normalized spacial score (nSPS) is 15.2. The number of amides is 2. The van der Waals surface area contributed by atoms with Gasteiger partial charge >= 0.3 is 0 Å². The molecule has 0 heterocycles. The predicted molar refractivity (Wildman–Crippen MR) is 134 cm³/mol. The third-order valence-electron chi connectivity index (χ3n) is 6.13. The zero-order valence-electron chi connectivity index (χ0n) is 19.0. The van der Waals surface area contributed by atoms with E-state index in [9.17, 15) is 9.59 Å². The van der Waals surface area contributed by atoms with Crippen LogP contribution in [-0.2, 0) is 21.9 Å². The molecule has 2 aromatic carbocycles. The summed E-state index contributed by atoms with van der Waals surface area (Å²) in [5.74, 6) is 1.02. The number of nitrogens with one attached hydrogen (secondary N) is 1. The van der Waals surface area contributed by atoms with Gasteiger partial charge in [0.15, 0.2) is 0 Å². The van der Waals surface area contributed by atoms with Gasteiger partial charge in [0.25, 0.3) is 0 Å². The van der Waals surface area contributed by atoms with Crippen LogP contribution in [0, 0.1) is 6.92 Å². The molecule has 1 saturated carbocycles. The molecule has 1 atom stereocenters. The Hall–Kier alpha value is -1.98. The fourth-order valence-electron chi connectivity index (χ4n) is 4.04. The predicted octanol–water partition coefficient (Wildman–Crippen LogP) is 5.75. The van der Waals surface area contributed by atoms with Gasteiger partial charge in [0.1, 0.15) is 6.04 Å². The van der Waals surface area contributed by atoms with E-state index in [-0.39, 0.29) is 17.9 Å². The lowest BCUT2D eigenvalue weighted by molar-refractivity contribution is -0.139. The molecule has 3 rings (SSSR count). The number of hydrogen-bond acceptors (Lipinski definition) is 3. The molecule has 0 unspecified atom stereocenters. The van der Waals surface area contributed by atoms with Crippen LogP contribution >= 0.6 is 23.4 Å². The molecule has 0 saturated heterocycles. The lowest BCUT2D eigenvalue weighted by Crippen LogP contribution is -2.50. The standard InChI is InChI=1S/C26H33ClN2O2S/c1-19-8-6-7-9-22(19)17-32-18-25(30)29(16-21-12-14-23(27)15-13-21)20(2)26(31)28-24-10-4-3-5-11-24/h6-9,12-15,20,24H,3-5,10-11,16-18H2,1-2H3,(H,28,31)/t20-/m1/s1. The third-order valence-corrected chi connectivity index (χ3v) is 7.35. The Morgan fingerprint density at radius 1 is 1.09 bits per heavy atom. The molecule has 0 aromatic heterocycles. The van der Waals surface area contributed by atoms with Gasteiger partial charge in [-0.15, -0.1) is 11.8 Å². The van der Waals surface area contributed by atoms with Crippen molar-refractivity contribution >= 4 is 35.2 Å². The summed E-state index contributed by atoms with van der Waals surface area (Å²) in [6.07, 6.45) is 5.59. The van der Waals surface area contributed by atoms with E-state index < -0.39 is 6.04 Å². The first kappa shape index (κ1) is 24.7. The number of rotatable bonds is 9. The number of thioether (sulfide) groups is 1. The van der Waals surface area contributed by atoms with Crippen LogP contribution in [0.3, 0.4) is 0 Å². The maximum absolute atomic E-state index is 13.2. The zero-order valence-corrected chi connectivity index (χ0v) is 20.6. The second-order valence-electron chi connectivity index (χ2n) is 8.59. The summed E-state index contributed by atoms with van der Waals surface area (Å²) in [7, 11) is 0. The van der Waals surface area contributed by atoms with Crippen LogP contribution in [-0.4, -0.2) is 34.6 Å². The summed E-state index contributed by atoms with van der Waals surface area (Å²) in [5, 5.41) is 3.83. The lowest BCUT2D eigenvalue weighted by atomic mass is 9.95. The molecule has 32 heavy (non-hydrogen) atoms. The number of nitrogens with zero attached hydrogens (tertiary/aromatic N) is 1. The molecule has 0 spiro atoms. The Morgan fingerprint density at radius 2 is 1.78 bits per heavy atom. The smallest absolute Gasteiger partial charge is 0.242 e. The van der Waals surface area contributed by atoms with Gasteiger partial charge in [-0.25, -0.2) is 0 Å². The third kappa shape index (κ3) is 7.28. The van der Waals surface area contributed by atoms with Crippen molar-refractivity contribution in [2.45, 2.75) is 70.3 Å². The highest BCUT2D eigenvalue weighted by molar-refractivity contribution is 7.99. The van der Waals surface area contributed by atoms with Crippen LogP contribution < -0.4 is 5.32 Å². The minimum Gasteiger partial charge on any atom is -0.352 e. The first-order chi connectivity index (χ1) is 15.4. The van der Waals surface area contributed by atoms with Crippen molar-refractivity contribution in [3.05, 3.63) is 70.2 Å². The molecule has 6 heteroatoms. The summed E-state index contributed by atoms with van der Waals surface area (Å²) in [6.45, 7) is 4.31. The first-order valence-corrected chi connectivity index (χ1v) is 12.9. The number of benzene rings is 2. The maximum atomic E-state index is 13.2. The van der Waals surface area contributed by atoms with E-state index in [1.165, 1.54) is 17.5 Å². The fraction of sp³-hybridized carbons (Fsp3) is 0.462. The van der Waals surface area contributed by atoms with E-state index in [0.717, 1.165) is 37.0 Å². The molecular formula is C26H33ClN2O2S. The van der Waals surface area contributed by atoms with E-state index in [1.807, 2.05) is 43.3 Å². The molecule has 172 valence electrons. The van der Waals surface area contributed by atoms with Crippen LogP contribution in [0.1, 0.15) is 55.7 Å². The van der Waals surface area contributed by atoms with Gasteiger partial charge in [-0.2, -0.15) is 0 Å². The van der Waals surface area contributed by atoms with Gasteiger partial charge in [-0.3, -0.25) is 9.59 Å². The Bertz CT molecular complexity index is 897. The SMILES string of the molecule is Cc1ccccc1CSCC(=O)N(Cc1ccc(Cl)cc1)[C@H](C)C(=O)NC1CCCCC1. The molecule has 1 aliphatic rings. The second-order valence-corrected chi connectivity index (χ2v) is 10.0. The summed E-state index contributed by atoms with van der Waals surface area (Å²) in [5.41, 5.74) is 3.42. The highest BCUT2D eigenvalue weighted by atomic mass is 35.5. The first-order valence-electron chi connectivity index (χ1n) is 11.4. The van der Waals surface area contributed by atoms with Crippen LogP contribution in [0.15, 0.2) is 48.5 Å². The monoisotopic (exact) mass is 472 g/mol. The van der Waals surface area contributed by atoms with Crippen LogP contribution in [0.4, 0.5) is 0 Å². The average molecular weight is 473 g/mol. The second kappa shape index (κ2) is 12.3. The number of aryl methyl sites for hydroxylation is 1. The van der Waals surface area contributed by atoms with Crippen molar-refractivity contribution in [2.24, 2.45) is 0 Å². The minimum absolute atomic E-state index is 0.0233. The molecule has 0 aliphatic heterocycles. The van der Waals surface area contributed by atoms with E-state index in [0.29, 0.717) is 17.3 Å². The van der Waals surface area contributed by atoms with E-state index in [2.05, 4.69) is 24.4 Å². The van der Waals surface area contributed by atoms with Crippen LogP contribution in [0.25, 0.3) is 0 Å². The number of carbonyl (C=O) groups is 2. The molecule has 2 aromatic rings. The van der Waals surface area contributed by atoms with Crippen molar-refractivity contribution in [3.8, 4) is 0 Å². The molecular weight excluding hydrogens is 440 g/mol. The van der Waals surface area contributed by atoms with Crippen molar-refractivity contribution < 1.29 is 9.59 Å². The van der Waals surface area contributed by atoms with Gasteiger partial charge in [0.2, 0.25) is 11.8 Å². The summed E-state index contributed by atoms with van der Waals surface area (Å²) >= 11 is 7.61. The summed E-state index contributed by atoms with van der Waals surface area (Å²) in [6, 6.07) is 15.4. The van der Waals surface area contributed by atoms with Crippen molar-refractivity contribution in [2.75, 3.05) is 5.75 Å². The van der Waals surface area contributed by atoms with Gasteiger partial charge in [-0.1, -0.05) is 67.3 Å². The molecule has 1 N–H and O–H groups in total. The van der Waals surface area contributed by atoms with Crippen LogP contribution in [0.5, 0.6) is 0 Å². The van der Waals surface area contributed by atoms with Crippen LogP contribution in [0.2, 0.25) is 5.02 Å². The largest absolute Gasteiger partial charge is 0.352 e. The Kier molecular flexibility index (Phi) is 9.49. The van der Waals surface area contributed by atoms with Crippen molar-refractivity contribution in [1.29, 1.82) is 0 Å². The van der Waals surface area contributed by atoms with Crippen molar-refractivity contribution in [3.63, 3.8) is 0 Å². The molecule has 4 nitrogen and oxygen atoms in total. The van der Waals surface area contributed by atoms with E-state index >= 15 is 0 Å². The summed E-state index contributed by atoms with van der Waals surface area (Å²) < 4.78 is 0. The van der Waals surface area contributed by atoms with Gasteiger partial charge < -0.3 is 10.2 Å². The molecule has 1 fully saturated rings. The molecule has 0 radical (unpaired) electrons. The topological polar surface area (TPSA) is 49.4 Å². The molecule has 2 amide bonds. The van der Waals surface area contributed by atoms with Gasteiger partial charge in [-0.05, 0) is 55.5 Å². The number of hydrogen-bond donors (Lipinski definition) is 1. The summed E-state index contributed by atoms with van der Waals surface area (Å²) in [4.78, 5) is 27.9. The minimum atomic E-state index is -0.529. The highest BCUT2D eigenvalue weighted by Crippen LogP contribution is 2.20. The number of carbonyl (C=O) groups excluding carboxylic acids is 2. The Balaban J connectivity index is 1.65. The molecule has 1 aliphatic carbocycles. The molecule has 0 bridgehead atoms. The Labute approximate surface area is 201 Å². The maximum Gasteiger partial charge on any atom is 0.242 e. The average Bonchev–Trinajstić information content (AvgIpc) is 2.80. The van der Waals surface area contributed by atoms with Gasteiger partial charge in [0.05, 0.1) is 5.75 Å². The quantitative estimate of drug-likeness (QED) is 0.505. The fourth-order valence-corrected chi connectivity index (χ4v) is 5.15. The van der Waals surface area contributed by atoms with Crippen molar-refractivity contribution in [1.82, 2.24) is 10.2 Å². The highest BCUT2D eigenvalue weighted by Gasteiger charge is 2.28. The van der Waals surface area contributed by atoms with Gasteiger partial charge in [0, 0.05) is 23.4 Å². The van der Waals surface area contributed by atoms with E-state index in [1.54, 1.807) is 16.7 Å². The number of halogens is 1. The zero-order chi connectivity index (χ0) is 22.9. The lowest BCUT2D eigenvalue weighted by Gasteiger charge is -2.31. The van der Waals surface area contributed by atoms with E-state index in [4.69, 9.17) is 11.6 Å². The Morgan fingerprint density at radius 3 is 2.47 bits per heavy atom.